The maximum absolute atomic E-state index is 9.80. The van der Waals surface area contributed by atoms with Gasteiger partial charge < -0.3 is 19.3 Å². The SMILES string of the molecule is COc1ccc(COc2cc(OC)ccc2[C@@H](C)O)cc1. The molecule has 0 fully saturated rings. The van der Waals surface area contributed by atoms with Crippen molar-refractivity contribution >= 4 is 0 Å². The molecule has 0 unspecified atom stereocenters. The van der Waals surface area contributed by atoms with Crippen LogP contribution >= 0.6 is 0 Å². The molecule has 0 aromatic heterocycles. The minimum atomic E-state index is -0.596. The van der Waals surface area contributed by atoms with Gasteiger partial charge in [-0.2, -0.15) is 0 Å². The highest BCUT2D eigenvalue weighted by atomic mass is 16.5. The number of benzene rings is 2. The molecule has 112 valence electrons. The third-order valence-corrected chi connectivity index (χ3v) is 3.22. The van der Waals surface area contributed by atoms with Crippen LogP contribution in [-0.2, 0) is 6.61 Å². The second-order valence-corrected chi connectivity index (χ2v) is 4.72. The molecule has 0 radical (unpaired) electrons. The summed E-state index contributed by atoms with van der Waals surface area (Å²) in [5.74, 6) is 2.13. The van der Waals surface area contributed by atoms with Gasteiger partial charge in [-0.25, -0.2) is 0 Å². The first kappa shape index (κ1) is 15.2. The summed E-state index contributed by atoms with van der Waals surface area (Å²) in [6.07, 6.45) is -0.596. The van der Waals surface area contributed by atoms with Crippen molar-refractivity contribution in [2.75, 3.05) is 14.2 Å². The number of rotatable bonds is 6. The fourth-order valence-electron chi connectivity index (χ4n) is 1.99. The molecule has 4 heteroatoms. The third kappa shape index (κ3) is 3.89. The zero-order chi connectivity index (χ0) is 15.2. The summed E-state index contributed by atoms with van der Waals surface area (Å²) in [5.41, 5.74) is 1.76. The van der Waals surface area contributed by atoms with Gasteiger partial charge in [0.15, 0.2) is 0 Å². The van der Waals surface area contributed by atoms with Crippen LogP contribution in [0.1, 0.15) is 24.2 Å². The molecule has 0 spiro atoms. The Balaban J connectivity index is 2.13. The lowest BCUT2D eigenvalue weighted by Crippen LogP contribution is -2.01. The first-order chi connectivity index (χ1) is 10.1. The molecule has 0 bridgehead atoms. The van der Waals surface area contributed by atoms with Crippen LogP contribution in [0.15, 0.2) is 42.5 Å². The number of hydrogen-bond acceptors (Lipinski definition) is 4. The molecule has 0 saturated heterocycles. The molecule has 4 nitrogen and oxygen atoms in total. The molecule has 0 heterocycles. The number of aliphatic hydroxyl groups is 1. The number of aliphatic hydroxyl groups excluding tert-OH is 1. The Kier molecular flexibility index (Phi) is 5.06. The first-order valence-corrected chi connectivity index (χ1v) is 6.75. The van der Waals surface area contributed by atoms with E-state index in [9.17, 15) is 5.11 Å². The molecule has 2 aromatic carbocycles. The van der Waals surface area contributed by atoms with Gasteiger partial charge in [0.1, 0.15) is 23.9 Å². The Morgan fingerprint density at radius 1 is 0.952 bits per heavy atom. The predicted octanol–water partition coefficient (Wildman–Crippen LogP) is 3.34. The van der Waals surface area contributed by atoms with Crippen molar-refractivity contribution in [3.8, 4) is 17.2 Å². The fraction of sp³-hybridized carbons (Fsp3) is 0.294. The van der Waals surface area contributed by atoms with Crippen molar-refractivity contribution in [2.24, 2.45) is 0 Å². The lowest BCUT2D eigenvalue weighted by atomic mass is 10.1. The van der Waals surface area contributed by atoms with E-state index in [0.717, 1.165) is 16.9 Å². The molecular formula is C17H20O4. The van der Waals surface area contributed by atoms with E-state index in [-0.39, 0.29) is 0 Å². The number of methoxy groups -OCH3 is 2. The Hall–Kier alpha value is -2.20. The minimum Gasteiger partial charge on any atom is -0.497 e. The Morgan fingerprint density at radius 2 is 1.57 bits per heavy atom. The molecule has 0 saturated carbocycles. The highest BCUT2D eigenvalue weighted by Crippen LogP contribution is 2.30. The van der Waals surface area contributed by atoms with Gasteiger partial charge in [-0.15, -0.1) is 0 Å². The van der Waals surface area contributed by atoms with E-state index >= 15 is 0 Å². The Labute approximate surface area is 124 Å². The van der Waals surface area contributed by atoms with Gasteiger partial charge in [-0.1, -0.05) is 12.1 Å². The molecular weight excluding hydrogens is 268 g/mol. The highest BCUT2D eigenvalue weighted by Gasteiger charge is 2.11. The quantitative estimate of drug-likeness (QED) is 0.885. The van der Waals surface area contributed by atoms with E-state index < -0.39 is 6.10 Å². The molecule has 0 aliphatic heterocycles. The fourth-order valence-corrected chi connectivity index (χ4v) is 1.99. The highest BCUT2D eigenvalue weighted by molar-refractivity contribution is 5.42. The Bertz CT molecular complexity index is 576. The molecule has 2 aromatic rings. The molecule has 21 heavy (non-hydrogen) atoms. The monoisotopic (exact) mass is 288 g/mol. The molecule has 1 atom stereocenters. The van der Waals surface area contributed by atoms with E-state index in [2.05, 4.69) is 0 Å². The van der Waals surface area contributed by atoms with Gasteiger partial charge in [0.05, 0.1) is 20.3 Å². The van der Waals surface area contributed by atoms with Crippen LogP contribution < -0.4 is 14.2 Å². The number of hydrogen-bond donors (Lipinski definition) is 1. The number of ether oxygens (including phenoxy) is 3. The van der Waals surface area contributed by atoms with Crippen molar-refractivity contribution < 1.29 is 19.3 Å². The van der Waals surface area contributed by atoms with Gasteiger partial charge in [0.25, 0.3) is 0 Å². The van der Waals surface area contributed by atoms with Gasteiger partial charge in [0.2, 0.25) is 0 Å². The summed E-state index contributed by atoms with van der Waals surface area (Å²) in [7, 11) is 3.24. The van der Waals surface area contributed by atoms with Gasteiger partial charge >= 0.3 is 0 Å². The van der Waals surface area contributed by atoms with Crippen molar-refractivity contribution in [3.05, 3.63) is 53.6 Å². The molecule has 0 aliphatic carbocycles. The summed E-state index contributed by atoms with van der Waals surface area (Å²) >= 11 is 0. The standard InChI is InChI=1S/C17H20O4/c1-12(18)16-9-8-15(20-3)10-17(16)21-11-13-4-6-14(19-2)7-5-13/h4-10,12,18H,11H2,1-3H3/t12-/m1/s1. The largest absolute Gasteiger partial charge is 0.497 e. The Morgan fingerprint density at radius 3 is 2.14 bits per heavy atom. The summed E-state index contributed by atoms with van der Waals surface area (Å²) in [5, 5.41) is 9.80. The first-order valence-electron chi connectivity index (χ1n) is 6.75. The second-order valence-electron chi connectivity index (χ2n) is 4.72. The van der Waals surface area contributed by atoms with Gasteiger partial charge in [0, 0.05) is 11.6 Å². The zero-order valence-electron chi connectivity index (χ0n) is 12.5. The van der Waals surface area contributed by atoms with Crippen LogP contribution in [0.2, 0.25) is 0 Å². The van der Waals surface area contributed by atoms with E-state index in [1.54, 1.807) is 27.2 Å². The summed E-state index contributed by atoms with van der Waals surface area (Å²) < 4.78 is 16.1. The van der Waals surface area contributed by atoms with Crippen molar-refractivity contribution in [1.29, 1.82) is 0 Å². The van der Waals surface area contributed by atoms with Crippen LogP contribution in [0, 0.1) is 0 Å². The molecule has 1 N–H and O–H groups in total. The van der Waals surface area contributed by atoms with Crippen LogP contribution in [0.4, 0.5) is 0 Å². The minimum absolute atomic E-state index is 0.414. The average Bonchev–Trinajstić information content (AvgIpc) is 2.52. The predicted molar refractivity (Wildman–Crippen MR) is 81.0 cm³/mol. The van der Waals surface area contributed by atoms with Crippen molar-refractivity contribution in [1.82, 2.24) is 0 Å². The maximum atomic E-state index is 9.80. The smallest absolute Gasteiger partial charge is 0.129 e. The van der Waals surface area contributed by atoms with E-state index in [1.807, 2.05) is 36.4 Å². The topological polar surface area (TPSA) is 47.9 Å². The van der Waals surface area contributed by atoms with Crippen LogP contribution in [0.5, 0.6) is 17.2 Å². The summed E-state index contributed by atoms with van der Waals surface area (Å²) in [6.45, 7) is 2.12. The maximum Gasteiger partial charge on any atom is 0.129 e. The summed E-state index contributed by atoms with van der Waals surface area (Å²) in [4.78, 5) is 0. The van der Waals surface area contributed by atoms with Crippen LogP contribution in [-0.4, -0.2) is 19.3 Å². The normalized spacial score (nSPS) is 11.8. The lowest BCUT2D eigenvalue weighted by molar-refractivity contribution is 0.190. The molecule has 0 amide bonds. The van der Waals surface area contributed by atoms with E-state index in [1.165, 1.54) is 0 Å². The lowest BCUT2D eigenvalue weighted by Gasteiger charge is -2.15. The molecule has 0 aliphatic rings. The molecule has 2 rings (SSSR count). The third-order valence-electron chi connectivity index (χ3n) is 3.22. The van der Waals surface area contributed by atoms with Gasteiger partial charge in [-0.05, 0) is 36.8 Å². The zero-order valence-corrected chi connectivity index (χ0v) is 12.5. The second kappa shape index (κ2) is 6.99. The van der Waals surface area contributed by atoms with Crippen LogP contribution in [0.25, 0.3) is 0 Å². The van der Waals surface area contributed by atoms with Crippen molar-refractivity contribution in [3.63, 3.8) is 0 Å². The van der Waals surface area contributed by atoms with Crippen molar-refractivity contribution in [2.45, 2.75) is 19.6 Å². The van der Waals surface area contributed by atoms with Gasteiger partial charge in [-0.3, -0.25) is 0 Å². The van der Waals surface area contributed by atoms with Crippen LogP contribution in [0.3, 0.4) is 0 Å². The average molecular weight is 288 g/mol. The summed E-state index contributed by atoms with van der Waals surface area (Å²) in [6, 6.07) is 13.1. The van der Waals surface area contributed by atoms with E-state index in [0.29, 0.717) is 18.1 Å². The van der Waals surface area contributed by atoms with E-state index in [4.69, 9.17) is 14.2 Å².